The summed E-state index contributed by atoms with van der Waals surface area (Å²) in [6.07, 6.45) is 1.06. The lowest BCUT2D eigenvalue weighted by Crippen LogP contribution is -2.47. The second kappa shape index (κ2) is 5.58. The van der Waals surface area contributed by atoms with Gasteiger partial charge in [-0.05, 0) is 29.2 Å². The maximum atomic E-state index is 13.1. The number of hydrogen-bond donors (Lipinski definition) is 0. The zero-order valence-corrected chi connectivity index (χ0v) is 14.0. The highest BCUT2D eigenvalue weighted by Crippen LogP contribution is 2.54. The fourth-order valence-electron chi connectivity index (χ4n) is 2.77. The van der Waals surface area contributed by atoms with Crippen LogP contribution in [0.15, 0.2) is 16.4 Å². The van der Waals surface area contributed by atoms with Gasteiger partial charge in [-0.2, -0.15) is 5.26 Å². The van der Waals surface area contributed by atoms with E-state index < -0.39 is 27.8 Å². The van der Waals surface area contributed by atoms with Crippen molar-refractivity contribution in [2.24, 2.45) is 21.4 Å². The van der Waals surface area contributed by atoms with Crippen molar-refractivity contribution < 1.29 is 9.59 Å². The van der Waals surface area contributed by atoms with E-state index in [2.05, 4.69) is 10.0 Å². The third-order valence-electron chi connectivity index (χ3n) is 5.13. The second-order valence-corrected chi connectivity index (χ2v) is 6.91. The van der Waals surface area contributed by atoms with E-state index in [-0.39, 0.29) is 11.3 Å². The average Bonchev–Trinajstić information content (AvgIpc) is 2.69. The van der Waals surface area contributed by atoms with Gasteiger partial charge in [0.25, 0.3) is 0 Å². The number of Topliss-reactive ketones (excluding diaryl/α,β-unsaturated/α-hetero) is 2. The number of carbonyl (C=O) groups excluding carboxylic acids is 2. The lowest BCUT2D eigenvalue weighted by atomic mass is 9.60. The summed E-state index contributed by atoms with van der Waals surface area (Å²) >= 11 is 0. The average molecular weight is 302 g/mol. The van der Waals surface area contributed by atoms with Gasteiger partial charge in [-0.3, -0.25) is 9.59 Å². The molecule has 1 aliphatic carbocycles. The van der Waals surface area contributed by atoms with E-state index in [1.807, 2.05) is 33.8 Å². The van der Waals surface area contributed by atoms with Crippen LogP contribution in [-0.2, 0) is 9.59 Å². The van der Waals surface area contributed by atoms with E-state index in [0.717, 1.165) is 0 Å². The molecule has 0 aromatic rings. The van der Waals surface area contributed by atoms with E-state index in [0.29, 0.717) is 12.8 Å². The first-order valence-corrected chi connectivity index (χ1v) is 7.38. The van der Waals surface area contributed by atoms with Crippen LogP contribution < -0.4 is 0 Å². The summed E-state index contributed by atoms with van der Waals surface area (Å²) in [5.41, 5.74) is 5.45. The van der Waals surface area contributed by atoms with Gasteiger partial charge < -0.3 is 0 Å². The molecule has 0 fully saturated rings. The Labute approximate surface area is 130 Å². The number of nitrogens with zero attached hydrogens (tertiary/aromatic N) is 4. The predicted octanol–water partition coefficient (Wildman–Crippen LogP) is 4.08. The Morgan fingerprint density at radius 1 is 1.18 bits per heavy atom. The van der Waals surface area contributed by atoms with E-state index in [1.165, 1.54) is 0 Å². The Hall–Kier alpha value is -2.12. The zero-order chi connectivity index (χ0) is 17.3. The molecule has 6 heteroatoms. The maximum absolute atomic E-state index is 13.1. The Morgan fingerprint density at radius 3 is 2.09 bits per heavy atom. The first-order valence-electron chi connectivity index (χ1n) is 7.38. The normalized spacial score (nSPS) is 22.6. The van der Waals surface area contributed by atoms with E-state index in [9.17, 15) is 14.9 Å². The van der Waals surface area contributed by atoms with E-state index >= 15 is 0 Å². The molecular weight excluding hydrogens is 280 g/mol. The van der Waals surface area contributed by atoms with Crippen LogP contribution in [0.5, 0.6) is 0 Å². The van der Waals surface area contributed by atoms with Crippen LogP contribution in [0.2, 0.25) is 0 Å². The van der Waals surface area contributed by atoms with Crippen LogP contribution in [0.3, 0.4) is 0 Å². The molecule has 0 heterocycles. The highest BCUT2D eigenvalue weighted by atomic mass is 16.2. The van der Waals surface area contributed by atoms with Crippen molar-refractivity contribution in [3.63, 3.8) is 0 Å². The van der Waals surface area contributed by atoms with Gasteiger partial charge in [-0.1, -0.05) is 46.7 Å². The Bertz CT molecular complexity index is 646. The minimum absolute atomic E-state index is 0.181. The summed E-state index contributed by atoms with van der Waals surface area (Å²) in [6, 6.07) is 1.96. The fourth-order valence-corrected chi connectivity index (χ4v) is 2.77. The molecule has 1 unspecified atom stereocenters. The predicted molar refractivity (Wildman–Crippen MR) is 82.4 cm³/mol. The Morgan fingerprint density at radius 2 is 1.73 bits per heavy atom. The fraction of sp³-hybridized carbons (Fsp3) is 0.688. The standard InChI is InChI=1S/C16H22N4O2/c1-7-14(3,4)10-11(19-20-18)13(22)16(9-17,12(10)21)15(5,6)8-2/h7-8H2,1-6H3. The van der Waals surface area contributed by atoms with Crippen molar-refractivity contribution in [3.05, 3.63) is 21.7 Å². The summed E-state index contributed by atoms with van der Waals surface area (Å²) < 4.78 is 0. The summed E-state index contributed by atoms with van der Waals surface area (Å²) in [4.78, 5) is 28.6. The highest BCUT2D eigenvalue weighted by molar-refractivity contribution is 6.30. The zero-order valence-electron chi connectivity index (χ0n) is 14.0. The molecule has 0 aromatic heterocycles. The van der Waals surface area contributed by atoms with Crippen molar-refractivity contribution in [1.29, 1.82) is 5.26 Å². The molecule has 0 radical (unpaired) electrons. The van der Waals surface area contributed by atoms with Crippen LogP contribution in [0.1, 0.15) is 54.4 Å². The summed E-state index contributed by atoms with van der Waals surface area (Å²) in [6.45, 7) is 10.8. The van der Waals surface area contributed by atoms with Gasteiger partial charge in [0.1, 0.15) is 0 Å². The quantitative estimate of drug-likeness (QED) is 0.330. The van der Waals surface area contributed by atoms with Gasteiger partial charge in [-0.15, -0.1) is 0 Å². The molecule has 6 nitrogen and oxygen atoms in total. The number of rotatable bonds is 5. The van der Waals surface area contributed by atoms with Gasteiger partial charge in [0.2, 0.25) is 0 Å². The highest BCUT2D eigenvalue weighted by Gasteiger charge is 2.63. The third kappa shape index (κ3) is 2.13. The molecule has 1 aliphatic rings. The van der Waals surface area contributed by atoms with Gasteiger partial charge in [0.05, 0.1) is 11.8 Å². The number of hydrogen-bond acceptors (Lipinski definition) is 4. The first-order chi connectivity index (χ1) is 10.1. The molecule has 0 saturated carbocycles. The molecule has 0 amide bonds. The molecule has 22 heavy (non-hydrogen) atoms. The van der Waals surface area contributed by atoms with Crippen LogP contribution in [0.4, 0.5) is 0 Å². The number of allylic oxidation sites excluding steroid dienone is 2. The van der Waals surface area contributed by atoms with Crippen LogP contribution in [0, 0.1) is 27.6 Å². The number of carbonyl (C=O) groups is 2. The third-order valence-corrected chi connectivity index (χ3v) is 5.13. The van der Waals surface area contributed by atoms with Gasteiger partial charge in [0.15, 0.2) is 17.0 Å². The molecule has 0 saturated heterocycles. The Balaban J connectivity index is 3.79. The number of azide groups is 1. The van der Waals surface area contributed by atoms with Gasteiger partial charge in [0, 0.05) is 10.5 Å². The van der Waals surface area contributed by atoms with Crippen molar-refractivity contribution >= 4 is 11.6 Å². The molecule has 0 aromatic carbocycles. The molecule has 0 bridgehead atoms. The molecular formula is C16H22N4O2. The first kappa shape index (κ1) is 17.9. The monoisotopic (exact) mass is 302 g/mol. The van der Waals surface area contributed by atoms with Crippen molar-refractivity contribution in [1.82, 2.24) is 0 Å². The van der Waals surface area contributed by atoms with Crippen LogP contribution >= 0.6 is 0 Å². The van der Waals surface area contributed by atoms with E-state index in [4.69, 9.17) is 5.53 Å². The van der Waals surface area contributed by atoms with Crippen molar-refractivity contribution in [2.75, 3.05) is 0 Å². The van der Waals surface area contributed by atoms with Gasteiger partial charge in [-0.25, -0.2) is 0 Å². The molecule has 1 rings (SSSR count). The van der Waals surface area contributed by atoms with E-state index in [1.54, 1.807) is 13.8 Å². The van der Waals surface area contributed by atoms with Crippen LogP contribution in [-0.4, -0.2) is 11.6 Å². The molecule has 1 atom stereocenters. The van der Waals surface area contributed by atoms with Crippen molar-refractivity contribution in [3.8, 4) is 6.07 Å². The second-order valence-electron chi connectivity index (χ2n) is 6.91. The Kier molecular flexibility index (Phi) is 4.55. The molecule has 0 N–H and O–H groups in total. The topological polar surface area (TPSA) is 107 Å². The summed E-state index contributed by atoms with van der Waals surface area (Å²) in [5, 5.41) is 13.2. The lowest BCUT2D eigenvalue weighted by molar-refractivity contribution is -0.137. The minimum Gasteiger partial charge on any atom is -0.292 e. The van der Waals surface area contributed by atoms with Gasteiger partial charge >= 0.3 is 0 Å². The van der Waals surface area contributed by atoms with Crippen LogP contribution in [0.25, 0.3) is 10.4 Å². The largest absolute Gasteiger partial charge is 0.292 e. The maximum Gasteiger partial charge on any atom is 0.194 e. The molecule has 0 spiro atoms. The smallest absolute Gasteiger partial charge is 0.194 e. The summed E-state index contributed by atoms with van der Waals surface area (Å²) in [5.74, 6) is -1.18. The van der Waals surface area contributed by atoms with Crippen molar-refractivity contribution in [2.45, 2.75) is 54.4 Å². The number of nitriles is 1. The molecule has 118 valence electrons. The minimum atomic E-state index is -1.81. The number of ketones is 2. The lowest BCUT2D eigenvalue weighted by Gasteiger charge is -2.36. The summed E-state index contributed by atoms with van der Waals surface area (Å²) in [7, 11) is 0. The SMILES string of the molecule is CCC(C)(C)C1=C(N=[N+]=[N-])C(=O)C(C#N)(C(C)(C)CC)C1=O. The molecule has 0 aliphatic heterocycles.